The summed E-state index contributed by atoms with van der Waals surface area (Å²) in [5, 5.41) is 10.4. The Morgan fingerprint density at radius 2 is 1.48 bits per heavy atom. The van der Waals surface area contributed by atoms with Gasteiger partial charge in [-0.2, -0.15) is 0 Å². The quantitative estimate of drug-likeness (QED) is 0.762. The van der Waals surface area contributed by atoms with Gasteiger partial charge in [0.1, 0.15) is 18.5 Å². The van der Waals surface area contributed by atoms with Crippen molar-refractivity contribution in [2.45, 2.75) is 57.0 Å². The molecule has 5 fully saturated rings. The molecular weight excluding hydrogens is 360 g/mol. The maximum absolute atomic E-state index is 10.4. The molecule has 0 aromatic heterocycles. The SMILES string of the molecule is CCN1CCN(C[C@H](O)COc2ccc(C34CC5CC(CC(C5)C3)C4)cc2)CC1. The van der Waals surface area contributed by atoms with E-state index >= 15 is 0 Å². The predicted molar refractivity (Wildman–Crippen MR) is 116 cm³/mol. The van der Waals surface area contributed by atoms with Gasteiger partial charge in [-0.25, -0.2) is 0 Å². The van der Waals surface area contributed by atoms with Crippen LogP contribution < -0.4 is 4.74 Å². The minimum absolute atomic E-state index is 0.380. The van der Waals surface area contributed by atoms with Crippen molar-refractivity contribution in [1.82, 2.24) is 9.80 Å². The number of benzene rings is 1. The first-order valence-electron chi connectivity index (χ1n) is 12.0. The first-order chi connectivity index (χ1) is 14.1. The van der Waals surface area contributed by atoms with Crippen LogP contribution in [0.1, 0.15) is 51.0 Å². The molecule has 4 aliphatic carbocycles. The van der Waals surface area contributed by atoms with Crippen LogP contribution in [0.2, 0.25) is 0 Å². The molecule has 0 amide bonds. The van der Waals surface area contributed by atoms with Gasteiger partial charge in [0, 0.05) is 32.7 Å². The first-order valence-corrected chi connectivity index (χ1v) is 12.0. The van der Waals surface area contributed by atoms with Crippen molar-refractivity contribution >= 4 is 0 Å². The van der Waals surface area contributed by atoms with Crippen LogP contribution in [-0.4, -0.2) is 66.9 Å². The zero-order chi connectivity index (χ0) is 19.8. The number of ether oxygens (including phenoxy) is 1. The lowest BCUT2D eigenvalue weighted by molar-refractivity contribution is -0.00522. The average molecular weight is 399 g/mol. The molecule has 0 spiro atoms. The van der Waals surface area contributed by atoms with E-state index in [2.05, 4.69) is 41.0 Å². The summed E-state index contributed by atoms with van der Waals surface area (Å²) in [5.74, 6) is 3.83. The summed E-state index contributed by atoms with van der Waals surface area (Å²) in [7, 11) is 0. The highest BCUT2D eigenvalue weighted by Gasteiger charge is 2.51. The second-order valence-electron chi connectivity index (χ2n) is 10.4. The van der Waals surface area contributed by atoms with E-state index in [-0.39, 0.29) is 0 Å². The predicted octanol–water partition coefficient (Wildman–Crippen LogP) is 3.53. The molecule has 29 heavy (non-hydrogen) atoms. The minimum atomic E-state index is -0.425. The normalized spacial score (nSPS) is 35.7. The van der Waals surface area contributed by atoms with E-state index in [1.165, 1.54) is 38.5 Å². The lowest BCUT2D eigenvalue weighted by Gasteiger charge is -2.57. The van der Waals surface area contributed by atoms with Crippen molar-refractivity contribution in [3.63, 3.8) is 0 Å². The Hall–Kier alpha value is -1.10. The van der Waals surface area contributed by atoms with Crippen molar-refractivity contribution in [3.8, 4) is 5.75 Å². The highest BCUT2D eigenvalue weighted by atomic mass is 16.5. The highest BCUT2D eigenvalue weighted by Crippen LogP contribution is 2.60. The van der Waals surface area contributed by atoms with Gasteiger partial charge in [0.05, 0.1) is 0 Å². The van der Waals surface area contributed by atoms with Gasteiger partial charge in [0.25, 0.3) is 0 Å². The van der Waals surface area contributed by atoms with E-state index in [1.54, 1.807) is 5.56 Å². The van der Waals surface area contributed by atoms with Gasteiger partial charge in [-0.05, 0) is 85.9 Å². The van der Waals surface area contributed by atoms with Crippen LogP contribution in [0.5, 0.6) is 5.75 Å². The molecule has 0 radical (unpaired) electrons. The van der Waals surface area contributed by atoms with Crippen LogP contribution in [0.25, 0.3) is 0 Å². The fraction of sp³-hybridized carbons (Fsp3) is 0.760. The van der Waals surface area contributed by atoms with Crippen molar-refractivity contribution in [3.05, 3.63) is 29.8 Å². The standard InChI is InChI=1S/C25H38N2O2/c1-2-26-7-9-27(10-8-26)17-23(28)18-29-24-5-3-22(4-6-24)25-14-19-11-20(15-25)13-21(12-19)16-25/h3-6,19-21,23,28H,2,7-18H2,1H3/t19?,20?,21?,23-,25?/m0/s1. The molecule has 6 rings (SSSR count). The van der Waals surface area contributed by atoms with E-state index in [4.69, 9.17) is 4.74 Å². The molecule has 1 N–H and O–H groups in total. The zero-order valence-electron chi connectivity index (χ0n) is 18.1. The fourth-order valence-electron chi connectivity index (χ4n) is 7.20. The van der Waals surface area contributed by atoms with Crippen molar-refractivity contribution in [1.29, 1.82) is 0 Å². The molecule has 5 aliphatic rings. The number of hydrogen-bond donors (Lipinski definition) is 1. The number of piperazine rings is 1. The van der Waals surface area contributed by atoms with Gasteiger partial charge in [0.2, 0.25) is 0 Å². The number of hydrogen-bond acceptors (Lipinski definition) is 4. The summed E-state index contributed by atoms with van der Waals surface area (Å²) in [6.07, 6.45) is 8.27. The lowest BCUT2D eigenvalue weighted by Crippen LogP contribution is -2.49. The Morgan fingerprint density at radius 3 is 2.03 bits per heavy atom. The lowest BCUT2D eigenvalue weighted by atomic mass is 9.48. The molecule has 4 saturated carbocycles. The van der Waals surface area contributed by atoms with Crippen molar-refractivity contribution in [2.24, 2.45) is 17.8 Å². The van der Waals surface area contributed by atoms with Crippen LogP contribution in [0, 0.1) is 17.8 Å². The molecule has 0 unspecified atom stereocenters. The molecule has 1 aromatic rings. The third-order valence-electron chi connectivity index (χ3n) is 8.33. The molecular formula is C25H38N2O2. The summed E-state index contributed by atoms with van der Waals surface area (Å²) in [6, 6.07) is 8.92. The van der Waals surface area contributed by atoms with E-state index in [1.807, 2.05) is 0 Å². The van der Waals surface area contributed by atoms with Crippen molar-refractivity contribution in [2.75, 3.05) is 45.9 Å². The number of rotatable bonds is 7. The Kier molecular flexibility index (Phi) is 5.61. The van der Waals surface area contributed by atoms with Crippen LogP contribution in [0.15, 0.2) is 24.3 Å². The van der Waals surface area contributed by atoms with Gasteiger partial charge < -0.3 is 14.7 Å². The second-order valence-corrected chi connectivity index (χ2v) is 10.4. The molecule has 4 heteroatoms. The molecule has 1 atom stereocenters. The third-order valence-corrected chi connectivity index (χ3v) is 8.33. The monoisotopic (exact) mass is 398 g/mol. The number of β-amino-alcohol motifs (C(OH)–C–C–N with tert-alkyl or cyclic N) is 1. The number of nitrogens with zero attached hydrogens (tertiary/aromatic N) is 2. The van der Waals surface area contributed by atoms with Crippen molar-refractivity contribution < 1.29 is 9.84 Å². The minimum Gasteiger partial charge on any atom is -0.491 e. The first kappa shape index (κ1) is 19.8. The smallest absolute Gasteiger partial charge is 0.119 e. The topological polar surface area (TPSA) is 35.9 Å². The largest absolute Gasteiger partial charge is 0.491 e. The Balaban J connectivity index is 1.13. The summed E-state index contributed by atoms with van der Waals surface area (Å²) >= 11 is 0. The van der Waals surface area contributed by atoms with Gasteiger partial charge in [-0.15, -0.1) is 0 Å². The maximum Gasteiger partial charge on any atom is 0.119 e. The van der Waals surface area contributed by atoms with Crippen LogP contribution in [0.3, 0.4) is 0 Å². The Labute approximate surface area is 176 Å². The van der Waals surface area contributed by atoms with Gasteiger partial charge in [-0.1, -0.05) is 19.1 Å². The molecule has 1 aromatic carbocycles. The maximum atomic E-state index is 10.4. The third kappa shape index (κ3) is 4.22. The van der Waals surface area contributed by atoms with Gasteiger partial charge >= 0.3 is 0 Å². The number of aliphatic hydroxyl groups excluding tert-OH is 1. The van der Waals surface area contributed by atoms with E-state index < -0.39 is 6.10 Å². The molecule has 1 aliphatic heterocycles. The Bertz CT molecular complexity index is 645. The van der Waals surface area contributed by atoms with Gasteiger partial charge in [-0.3, -0.25) is 4.90 Å². The summed E-state index contributed by atoms with van der Waals surface area (Å²) in [5.41, 5.74) is 1.99. The number of aliphatic hydroxyl groups is 1. The molecule has 1 saturated heterocycles. The molecule has 4 nitrogen and oxygen atoms in total. The summed E-state index contributed by atoms with van der Waals surface area (Å²) < 4.78 is 5.94. The zero-order valence-corrected chi connectivity index (χ0v) is 18.1. The number of likely N-dealkylation sites (N-methyl/N-ethyl adjacent to an activating group) is 1. The highest BCUT2D eigenvalue weighted by molar-refractivity contribution is 5.34. The van der Waals surface area contributed by atoms with Crippen LogP contribution in [-0.2, 0) is 5.41 Å². The fourth-order valence-corrected chi connectivity index (χ4v) is 7.20. The Morgan fingerprint density at radius 1 is 0.931 bits per heavy atom. The molecule has 160 valence electrons. The van der Waals surface area contributed by atoms with Crippen LogP contribution >= 0.6 is 0 Å². The molecule has 1 heterocycles. The molecule has 4 bridgehead atoms. The van der Waals surface area contributed by atoms with E-state index in [9.17, 15) is 5.11 Å². The second kappa shape index (κ2) is 8.20. The van der Waals surface area contributed by atoms with E-state index in [0.717, 1.165) is 56.2 Å². The summed E-state index contributed by atoms with van der Waals surface area (Å²) in [4.78, 5) is 4.82. The van der Waals surface area contributed by atoms with Crippen LogP contribution in [0.4, 0.5) is 0 Å². The van der Waals surface area contributed by atoms with E-state index in [0.29, 0.717) is 18.6 Å². The summed E-state index contributed by atoms with van der Waals surface area (Å²) in [6.45, 7) is 8.74. The average Bonchev–Trinajstić information content (AvgIpc) is 2.72. The van der Waals surface area contributed by atoms with Gasteiger partial charge in [0.15, 0.2) is 0 Å².